The van der Waals surface area contributed by atoms with Gasteiger partial charge in [-0.3, -0.25) is 19.4 Å². The fourth-order valence-corrected chi connectivity index (χ4v) is 5.47. The number of ketones is 1. The van der Waals surface area contributed by atoms with Crippen LogP contribution in [0.4, 0.5) is 10.1 Å². The number of imide groups is 1. The van der Waals surface area contributed by atoms with Gasteiger partial charge in [-0.25, -0.2) is 9.29 Å². The molecule has 2 saturated heterocycles. The first-order chi connectivity index (χ1) is 17.0. The average molecular weight is 469 g/mol. The maximum atomic E-state index is 14.7. The summed E-state index contributed by atoms with van der Waals surface area (Å²) >= 11 is 0. The molecule has 7 nitrogen and oxygen atoms in total. The Hall–Kier alpha value is -4.33. The second-order valence-corrected chi connectivity index (χ2v) is 8.75. The summed E-state index contributed by atoms with van der Waals surface area (Å²) in [6.07, 6.45) is 1.64. The first kappa shape index (κ1) is 21.2. The summed E-state index contributed by atoms with van der Waals surface area (Å²) in [6.45, 7) is 0. The van der Waals surface area contributed by atoms with Crippen LogP contribution in [0.1, 0.15) is 27.5 Å². The van der Waals surface area contributed by atoms with E-state index in [1.54, 1.807) is 41.6 Å². The van der Waals surface area contributed by atoms with E-state index in [9.17, 15) is 18.8 Å². The Morgan fingerprint density at radius 1 is 0.914 bits per heavy atom. The van der Waals surface area contributed by atoms with Crippen molar-refractivity contribution in [1.29, 1.82) is 0 Å². The topological polar surface area (TPSA) is 79.3 Å². The van der Waals surface area contributed by atoms with Gasteiger partial charge in [0.2, 0.25) is 11.8 Å². The number of amides is 2. The lowest BCUT2D eigenvalue weighted by molar-refractivity contribution is -0.124. The van der Waals surface area contributed by atoms with Crippen molar-refractivity contribution < 1.29 is 23.5 Å². The van der Waals surface area contributed by atoms with Gasteiger partial charge in [0, 0.05) is 5.56 Å². The largest absolute Gasteiger partial charge is 0.497 e. The zero-order chi connectivity index (χ0) is 24.3. The number of fused-ring (bicyclic) bond motifs is 5. The highest BCUT2D eigenvalue weighted by Crippen LogP contribution is 2.53. The van der Waals surface area contributed by atoms with Gasteiger partial charge < -0.3 is 4.74 Å². The molecule has 0 radical (unpaired) electrons. The van der Waals surface area contributed by atoms with Crippen LogP contribution in [0.2, 0.25) is 0 Å². The summed E-state index contributed by atoms with van der Waals surface area (Å²) in [4.78, 5) is 42.2. The molecule has 1 unspecified atom stereocenters. The molecular formula is C27H20FN3O4. The van der Waals surface area contributed by atoms with Gasteiger partial charge in [-0.05, 0) is 47.5 Å². The molecule has 2 fully saturated rings. The van der Waals surface area contributed by atoms with E-state index in [4.69, 9.17) is 4.74 Å². The minimum atomic E-state index is -1.02. The van der Waals surface area contributed by atoms with Gasteiger partial charge >= 0.3 is 0 Å². The van der Waals surface area contributed by atoms with Crippen molar-refractivity contribution in [2.45, 2.75) is 12.1 Å². The van der Waals surface area contributed by atoms with E-state index in [0.29, 0.717) is 11.3 Å². The maximum absolute atomic E-state index is 14.7. The molecule has 0 spiro atoms. The second-order valence-electron chi connectivity index (χ2n) is 8.75. The number of rotatable bonds is 4. The van der Waals surface area contributed by atoms with Gasteiger partial charge in [0.25, 0.3) is 0 Å². The van der Waals surface area contributed by atoms with Crippen LogP contribution >= 0.6 is 0 Å². The van der Waals surface area contributed by atoms with Crippen molar-refractivity contribution in [2.75, 3.05) is 12.0 Å². The van der Waals surface area contributed by atoms with Crippen LogP contribution < -0.4 is 9.64 Å². The molecule has 6 rings (SSSR count). The van der Waals surface area contributed by atoms with Crippen LogP contribution in [-0.2, 0) is 9.59 Å². The summed E-state index contributed by atoms with van der Waals surface area (Å²) in [5.41, 5.74) is 1.88. The number of halogens is 1. The van der Waals surface area contributed by atoms with E-state index in [0.717, 1.165) is 16.0 Å². The zero-order valence-electron chi connectivity index (χ0n) is 18.7. The fourth-order valence-electron chi connectivity index (χ4n) is 5.47. The molecule has 3 aliphatic heterocycles. The van der Waals surface area contributed by atoms with E-state index in [2.05, 4.69) is 5.10 Å². The van der Waals surface area contributed by atoms with Gasteiger partial charge in [-0.1, -0.05) is 36.4 Å². The molecule has 3 aliphatic rings. The average Bonchev–Trinajstić information content (AvgIpc) is 3.36. The highest BCUT2D eigenvalue weighted by molar-refractivity contribution is 6.24. The SMILES string of the molecule is COc1ccc(C(=O)[C@@H]2[C@@H]3C(=O)N(c4ccccc4F)C(=O)[C@@H]3C3c4ccccc4C=NN32)cc1. The van der Waals surface area contributed by atoms with Crippen molar-refractivity contribution in [3.05, 3.63) is 95.3 Å². The second kappa shape index (κ2) is 7.87. The first-order valence-corrected chi connectivity index (χ1v) is 11.2. The van der Waals surface area contributed by atoms with Crippen LogP contribution in [0, 0.1) is 17.7 Å². The van der Waals surface area contributed by atoms with Crippen molar-refractivity contribution in [2.24, 2.45) is 16.9 Å². The molecule has 2 amide bonds. The fraction of sp³-hybridized carbons (Fsp3) is 0.185. The molecule has 3 aromatic carbocycles. The number of Topliss-reactive ketones (excluding diaryl/α,β-unsaturated/α-hetero) is 1. The Kier molecular flexibility index (Phi) is 4.77. The van der Waals surface area contributed by atoms with E-state index in [1.807, 2.05) is 24.3 Å². The monoisotopic (exact) mass is 469 g/mol. The van der Waals surface area contributed by atoms with Crippen molar-refractivity contribution in [3.8, 4) is 5.75 Å². The normalized spacial score (nSPS) is 24.3. The number of hydrogen-bond acceptors (Lipinski definition) is 6. The Balaban J connectivity index is 1.49. The lowest BCUT2D eigenvalue weighted by Crippen LogP contribution is -2.44. The number of benzene rings is 3. The van der Waals surface area contributed by atoms with Crippen LogP contribution in [-0.4, -0.2) is 42.0 Å². The number of hydrogen-bond donors (Lipinski definition) is 0. The molecule has 174 valence electrons. The maximum Gasteiger partial charge on any atom is 0.240 e. The smallest absolute Gasteiger partial charge is 0.240 e. The number of carbonyl (C=O) groups excluding carboxylic acids is 3. The van der Waals surface area contributed by atoms with E-state index in [-0.39, 0.29) is 11.5 Å². The van der Waals surface area contributed by atoms with Gasteiger partial charge in [0.15, 0.2) is 5.78 Å². The van der Waals surface area contributed by atoms with Crippen molar-refractivity contribution >= 4 is 29.5 Å². The van der Waals surface area contributed by atoms with Gasteiger partial charge in [-0.15, -0.1) is 0 Å². The number of carbonyl (C=O) groups is 3. The van der Waals surface area contributed by atoms with E-state index in [1.165, 1.54) is 25.3 Å². The Labute approximate surface area is 200 Å². The molecule has 0 N–H and O–H groups in total. The molecule has 35 heavy (non-hydrogen) atoms. The Bertz CT molecular complexity index is 1400. The summed E-state index contributed by atoms with van der Waals surface area (Å²) in [6, 6.07) is 18.1. The third-order valence-electron chi connectivity index (χ3n) is 7.03. The molecule has 0 saturated carbocycles. The third kappa shape index (κ3) is 3.02. The number of anilines is 1. The van der Waals surface area contributed by atoms with Gasteiger partial charge in [0.05, 0.1) is 36.9 Å². The van der Waals surface area contributed by atoms with Gasteiger partial charge in [0.1, 0.15) is 17.6 Å². The standard InChI is InChI=1S/C27H20FN3O4/c1-35-17-12-10-15(11-13-17)25(32)24-22-21(23-18-7-3-2-6-16(18)14-29-31(23)24)26(33)30(27(22)34)20-9-5-4-8-19(20)28/h2-14,21-24H,1H3/t21-,22+,23?,24-/m0/s1. The summed E-state index contributed by atoms with van der Waals surface area (Å²) in [7, 11) is 1.53. The molecular weight excluding hydrogens is 449 g/mol. The summed E-state index contributed by atoms with van der Waals surface area (Å²) in [5.74, 6) is -3.44. The number of methoxy groups -OCH3 is 1. The molecule has 4 atom stereocenters. The molecule has 3 heterocycles. The Morgan fingerprint density at radius 2 is 1.60 bits per heavy atom. The summed E-state index contributed by atoms with van der Waals surface area (Å²) in [5, 5.41) is 6.11. The van der Waals surface area contributed by atoms with Crippen molar-refractivity contribution in [1.82, 2.24) is 5.01 Å². The van der Waals surface area contributed by atoms with Gasteiger partial charge in [-0.2, -0.15) is 5.10 Å². The number of nitrogens with zero attached hydrogens (tertiary/aromatic N) is 3. The lowest BCUT2D eigenvalue weighted by atomic mass is 9.83. The lowest BCUT2D eigenvalue weighted by Gasteiger charge is -2.33. The molecule has 8 heteroatoms. The number of hydrazone groups is 1. The molecule has 0 aromatic heterocycles. The van der Waals surface area contributed by atoms with Crippen LogP contribution in [0.15, 0.2) is 77.9 Å². The minimum Gasteiger partial charge on any atom is -0.497 e. The van der Waals surface area contributed by atoms with Crippen LogP contribution in [0.3, 0.4) is 0 Å². The molecule has 0 bridgehead atoms. The highest BCUT2D eigenvalue weighted by atomic mass is 19.1. The summed E-state index contributed by atoms with van der Waals surface area (Å²) < 4.78 is 19.9. The van der Waals surface area contributed by atoms with Crippen molar-refractivity contribution in [3.63, 3.8) is 0 Å². The zero-order valence-corrected chi connectivity index (χ0v) is 18.7. The number of para-hydroxylation sites is 1. The van der Waals surface area contributed by atoms with Crippen LogP contribution in [0.5, 0.6) is 5.75 Å². The third-order valence-corrected chi connectivity index (χ3v) is 7.03. The minimum absolute atomic E-state index is 0.105. The number of ether oxygens (including phenoxy) is 1. The quantitative estimate of drug-likeness (QED) is 0.431. The predicted octanol–water partition coefficient (Wildman–Crippen LogP) is 3.60. The highest BCUT2D eigenvalue weighted by Gasteiger charge is 2.65. The molecule has 0 aliphatic carbocycles. The predicted molar refractivity (Wildman–Crippen MR) is 126 cm³/mol. The first-order valence-electron chi connectivity index (χ1n) is 11.2. The Morgan fingerprint density at radius 3 is 2.34 bits per heavy atom. The van der Waals surface area contributed by atoms with E-state index >= 15 is 0 Å². The molecule has 3 aromatic rings. The van der Waals surface area contributed by atoms with Crippen LogP contribution in [0.25, 0.3) is 0 Å². The van der Waals surface area contributed by atoms with E-state index < -0.39 is 41.6 Å².